The van der Waals surface area contributed by atoms with Gasteiger partial charge in [0.25, 0.3) is 0 Å². The smallest absolute Gasteiger partial charge is 0.136 e. The fourth-order valence-corrected chi connectivity index (χ4v) is 10.3. The van der Waals surface area contributed by atoms with Crippen LogP contribution in [0, 0.1) is 0 Å². The molecule has 12 aromatic rings. The van der Waals surface area contributed by atoms with Crippen molar-refractivity contribution in [1.29, 1.82) is 0 Å². The monoisotopic (exact) mass is 891 g/mol. The molecule has 0 aliphatic carbocycles. The maximum Gasteiger partial charge on any atom is 0.136 e. The van der Waals surface area contributed by atoms with Crippen LogP contribution in [0.3, 0.4) is 0 Å². The Kier molecular flexibility index (Phi) is 9.97. The molecule has 3 nitrogen and oxygen atoms in total. The summed E-state index contributed by atoms with van der Waals surface area (Å²) >= 11 is 0. The fourth-order valence-electron chi connectivity index (χ4n) is 10.3. The first-order valence-electron chi connectivity index (χ1n) is 24.1. The molecule has 334 valence electrons. The zero-order valence-electron chi connectivity index (χ0n) is 40.0. The Hall–Kier alpha value is -8.14. The molecular weight excluding hydrogens is 839 g/mol. The largest absolute Gasteiger partial charge is 0.456 e. The molecule has 3 heteroatoms. The lowest BCUT2D eigenvalue weighted by molar-refractivity contribution is 0.569. The van der Waals surface area contributed by atoms with Gasteiger partial charge in [-0.25, -0.2) is 0 Å². The van der Waals surface area contributed by atoms with Crippen molar-refractivity contribution >= 4 is 71.7 Å². The second kappa shape index (κ2) is 16.3. The predicted molar refractivity (Wildman–Crippen MR) is 292 cm³/mol. The Balaban J connectivity index is 1.08. The molecule has 0 saturated heterocycles. The van der Waals surface area contributed by atoms with Crippen molar-refractivity contribution in [3.05, 3.63) is 223 Å². The molecule has 0 bridgehead atoms. The summed E-state index contributed by atoms with van der Waals surface area (Å²) in [6, 6.07) is 77.2. The van der Waals surface area contributed by atoms with Gasteiger partial charge in [-0.2, -0.15) is 0 Å². The van der Waals surface area contributed by atoms with Crippen LogP contribution >= 0.6 is 0 Å². The molecule has 0 aliphatic heterocycles. The van der Waals surface area contributed by atoms with Crippen molar-refractivity contribution in [1.82, 2.24) is 0 Å². The molecule has 0 unspecified atom stereocenters. The van der Waals surface area contributed by atoms with Gasteiger partial charge in [0.15, 0.2) is 0 Å². The third-order valence-corrected chi connectivity index (χ3v) is 14.0. The first kappa shape index (κ1) is 42.2. The van der Waals surface area contributed by atoms with E-state index in [4.69, 9.17) is 8.83 Å². The Bertz CT molecular complexity index is 3910. The average molecular weight is 892 g/mol. The van der Waals surface area contributed by atoms with Crippen LogP contribution in [0.25, 0.3) is 99.2 Å². The van der Waals surface area contributed by atoms with E-state index >= 15 is 0 Å². The summed E-state index contributed by atoms with van der Waals surface area (Å²) in [5.41, 5.74) is 18.6. The number of hydrogen-bond donors (Lipinski definition) is 0. The van der Waals surface area contributed by atoms with Gasteiger partial charge in [-0.15, -0.1) is 0 Å². The lowest BCUT2D eigenvalue weighted by atomic mass is 9.78. The summed E-state index contributed by atoms with van der Waals surface area (Å²) in [5, 5.41) is 6.91. The summed E-state index contributed by atoms with van der Waals surface area (Å²) in [7, 11) is 0. The summed E-state index contributed by atoms with van der Waals surface area (Å²) in [6.07, 6.45) is 0. The number of furan rings is 2. The number of para-hydroxylation sites is 3. The minimum Gasteiger partial charge on any atom is -0.456 e. The SMILES string of the molecule is CC(C)(C)c1cc(-c2cccc3cccc(-c4ccccc4N(c4cccc(-c5ccc6c(c5)oc5ccccc56)c4)c4cccc(-c5cccc6oc7ccccc7c56)c4)c23)cc(C(C)(C)C)c1. The van der Waals surface area contributed by atoms with Crippen LogP contribution in [0.2, 0.25) is 0 Å². The van der Waals surface area contributed by atoms with E-state index in [9.17, 15) is 0 Å². The van der Waals surface area contributed by atoms with Gasteiger partial charge in [0.1, 0.15) is 22.3 Å². The first-order valence-corrected chi connectivity index (χ1v) is 24.1. The van der Waals surface area contributed by atoms with E-state index in [0.29, 0.717) is 0 Å². The van der Waals surface area contributed by atoms with Crippen LogP contribution in [0.1, 0.15) is 52.7 Å². The van der Waals surface area contributed by atoms with Crippen molar-refractivity contribution < 1.29 is 8.83 Å². The van der Waals surface area contributed by atoms with Crippen LogP contribution in [0.5, 0.6) is 0 Å². The van der Waals surface area contributed by atoms with E-state index in [1.807, 2.05) is 18.2 Å². The Morgan fingerprint density at radius 3 is 1.55 bits per heavy atom. The number of nitrogens with zero attached hydrogens (tertiary/aromatic N) is 1. The highest BCUT2D eigenvalue weighted by Gasteiger charge is 2.25. The maximum absolute atomic E-state index is 6.41. The zero-order valence-corrected chi connectivity index (χ0v) is 40.0. The zero-order chi connectivity index (χ0) is 47.0. The van der Waals surface area contributed by atoms with Crippen molar-refractivity contribution in [2.24, 2.45) is 0 Å². The molecule has 69 heavy (non-hydrogen) atoms. The average Bonchev–Trinajstić information content (AvgIpc) is 3.94. The molecule has 2 heterocycles. The van der Waals surface area contributed by atoms with Crippen LogP contribution in [-0.2, 0) is 10.8 Å². The van der Waals surface area contributed by atoms with Gasteiger partial charge < -0.3 is 13.7 Å². The highest BCUT2D eigenvalue weighted by atomic mass is 16.3. The van der Waals surface area contributed by atoms with Gasteiger partial charge in [-0.3, -0.25) is 0 Å². The van der Waals surface area contributed by atoms with Crippen LogP contribution < -0.4 is 4.90 Å². The molecule has 2 aromatic heterocycles. The highest BCUT2D eigenvalue weighted by molar-refractivity contribution is 6.13. The molecule has 0 N–H and O–H groups in total. The second-order valence-electron chi connectivity index (χ2n) is 20.5. The first-order chi connectivity index (χ1) is 33.5. The van der Waals surface area contributed by atoms with E-state index in [0.717, 1.165) is 88.8 Å². The van der Waals surface area contributed by atoms with Gasteiger partial charge in [0, 0.05) is 38.5 Å². The quantitative estimate of drug-likeness (QED) is 0.160. The summed E-state index contributed by atoms with van der Waals surface area (Å²) in [4.78, 5) is 2.44. The Morgan fingerprint density at radius 2 is 0.826 bits per heavy atom. The highest BCUT2D eigenvalue weighted by Crippen LogP contribution is 2.47. The minimum atomic E-state index is -0.0202. The normalized spacial score (nSPS) is 12.2. The van der Waals surface area contributed by atoms with E-state index in [1.54, 1.807) is 0 Å². The third-order valence-electron chi connectivity index (χ3n) is 14.0. The molecule has 0 spiro atoms. The fraction of sp³-hybridized carbons (Fsp3) is 0.121. The minimum absolute atomic E-state index is 0.0202. The number of benzene rings is 10. The van der Waals surface area contributed by atoms with Gasteiger partial charge >= 0.3 is 0 Å². The predicted octanol–water partition coefficient (Wildman–Crippen LogP) is 19.4. The molecule has 0 amide bonds. The summed E-state index contributed by atoms with van der Waals surface area (Å²) < 4.78 is 12.8. The topological polar surface area (TPSA) is 29.5 Å². The third kappa shape index (κ3) is 7.46. The van der Waals surface area contributed by atoms with Crippen molar-refractivity contribution in [2.45, 2.75) is 52.4 Å². The van der Waals surface area contributed by atoms with Crippen molar-refractivity contribution in [3.63, 3.8) is 0 Å². The lowest BCUT2D eigenvalue weighted by Crippen LogP contribution is -2.16. The molecule has 0 fully saturated rings. The van der Waals surface area contributed by atoms with Gasteiger partial charge in [0.05, 0.1) is 5.69 Å². The Labute approximate surface area is 403 Å². The standard InChI is InChI=1S/C66H53NO2/c1-65(2,3)47-36-46(37-48(41-47)66(4,5)6)52-27-15-18-42-19-16-29-56(63(42)52)53-24-7-10-30-58(53)67(49-22-13-20-43(38-49)44-34-35-55-54-25-8-11-31-59(54)69-62(55)40-44)50-23-14-21-45(39-50)51-28-17-33-61-64(51)57-26-9-12-32-60(57)68-61/h7-41H,1-6H3. The molecule has 0 aliphatic rings. The number of hydrogen-bond acceptors (Lipinski definition) is 3. The van der Waals surface area contributed by atoms with E-state index < -0.39 is 0 Å². The van der Waals surface area contributed by atoms with E-state index in [1.165, 1.54) is 38.6 Å². The molecule has 10 aromatic carbocycles. The maximum atomic E-state index is 6.41. The summed E-state index contributed by atoms with van der Waals surface area (Å²) in [5.74, 6) is 0. The van der Waals surface area contributed by atoms with E-state index in [-0.39, 0.29) is 10.8 Å². The molecule has 0 saturated carbocycles. The molecule has 0 atom stereocenters. The van der Waals surface area contributed by atoms with Crippen molar-refractivity contribution in [2.75, 3.05) is 4.90 Å². The van der Waals surface area contributed by atoms with Crippen LogP contribution in [0.4, 0.5) is 17.1 Å². The number of fused-ring (bicyclic) bond motifs is 7. The summed E-state index contributed by atoms with van der Waals surface area (Å²) in [6.45, 7) is 13.9. The van der Waals surface area contributed by atoms with Gasteiger partial charge in [-0.1, -0.05) is 193 Å². The van der Waals surface area contributed by atoms with Crippen LogP contribution in [0.15, 0.2) is 221 Å². The molecule has 0 radical (unpaired) electrons. The van der Waals surface area contributed by atoms with Crippen LogP contribution in [-0.4, -0.2) is 0 Å². The Morgan fingerprint density at radius 1 is 0.319 bits per heavy atom. The van der Waals surface area contributed by atoms with Crippen molar-refractivity contribution in [3.8, 4) is 44.5 Å². The van der Waals surface area contributed by atoms with E-state index in [2.05, 4.69) is 241 Å². The molecular formula is C66H53NO2. The lowest BCUT2D eigenvalue weighted by Gasteiger charge is -2.29. The molecule has 12 rings (SSSR count). The second-order valence-corrected chi connectivity index (χ2v) is 20.5. The number of anilines is 3. The van der Waals surface area contributed by atoms with Gasteiger partial charge in [-0.05, 0) is 132 Å². The van der Waals surface area contributed by atoms with Gasteiger partial charge in [0.2, 0.25) is 0 Å². The number of rotatable bonds is 7.